The highest BCUT2D eigenvalue weighted by Gasteiger charge is 2.12. The number of H-pyrrole nitrogens is 1. The lowest BCUT2D eigenvalue weighted by Gasteiger charge is -2.07. The van der Waals surface area contributed by atoms with Crippen molar-refractivity contribution < 1.29 is 4.79 Å². The molecule has 0 saturated heterocycles. The molecule has 0 radical (unpaired) electrons. The SMILES string of the molecule is Cc1nc(N)[nH]c(=O)c1NC(=O)c1ccc(N=[N+]=N)cc1. The fourth-order valence-corrected chi connectivity index (χ4v) is 1.68. The van der Waals surface area contributed by atoms with Crippen LogP contribution >= 0.6 is 0 Å². The zero-order valence-electron chi connectivity index (χ0n) is 11.0. The molecular weight excluding hydrogens is 274 g/mol. The van der Waals surface area contributed by atoms with Crippen LogP contribution < -0.4 is 21.5 Å². The Kier molecular flexibility index (Phi) is 3.87. The molecule has 1 heterocycles. The number of amides is 1. The highest BCUT2D eigenvalue weighted by molar-refractivity contribution is 6.04. The Morgan fingerprint density at radius 2 is 2.10 bits per heavy atom. The van der Waals surface area contributed by atoms with Crippen LogP contribution in [-0.2, 0) is 0 Å². The maximum absolute atomic E-state index is 12.1. The largest absolute Gasteiger partial charge is 0.369 e. The summed E-state index contributed by atoms with van der Waals surface area (Å²) in [6, 6.07) is 6.08. The number of anilines is 2. The second-order valence-corrected chi connectivity index (χ2v) is 4.11. The second-order valence-electron chi connectivity index (χ2n) is 4.11. The van der Waals surface area contributed by atoms with E-state index in [-0.39, 0.29) is 11.6 Å². The average molecular weight is 286 g/mol. The van der Waals surface area contributed by atoms with Crippen LogP contribution in [0.5, 0.6) is 0 Å². The van der Waals surface area contributed by atoms with Crippen LogP contribution in [0, 0.1) is 12.5 Å². The van der Waals surface area contributed by atoms with Crippen molar-refractivity contribution in [2.75, 3.05) is 11.1 Å². The van der Waals surface area contributed by atoms with Crippen LogP contribution in [0.15, 0.2) is 34.2 Å². The first kappa shape index (κ1) is 14.1. The Morgan fingerprint density at radius 1 is 1.43 bits per heavy atom. The van der Waals surface area contributed by atoms with Gasteiger partial charge in [0.25, 0.3) is 11.5 Å². The number of nitrogens with one attached hydrogen (secondary N) is 3. The third-order valence-electron chi connectivity index (χ3n) is 2.65. The summed E-state index contributed by atoms with van der Waals surface area (Å²) >= 11 is 0. The minimum Gasteiger partial charge on any atom is -0.369 e. The molecule has 0 bridgehead atoms. The predicted molar refractivity (Wildman–Crippen MR) is 75.3 cm³/mol. The smallest absolute Gasteiger partial charge is 0.276 e. The molecule has 0 saturated carbocycles. The number of benzene rings is 1. The molecule has 21 heavy (non-hydrogen) atoms. The van der Waals surface area contributed by atoms with E-state index in [0.717, 1.165) is 0 Å². The van der Waals surface area contributed by atoms with E-state index in [9.17, 15) is 9.59 Å². The maximum atomic E-state index is 12.1. The van der Waals surface area contributed by atoms with Gasteiger partial charge in [0.15, 0.2) is 10.8 Å². The molecule has 5 N–H and O–H groups in total. The van der Waals surface area contributed by atoms with Crippen molar-refractivity contribution >= 4 is 23.2 Å². The summed E-state index contributed by atoms with van der Waals surface area (Å²) in [6.45, 7) is 1.57. The molecule has 1 aromatic carbocycles. The number of aryl methyl sites for hydroxylation is 1. The zero-order chi connectivity index (χ0) is 15.4. The van der Waals surface area contributed by atoms with E-state index in [1.54, 1.807) is 6.92 Å². The fraction of sp³-hybridized carbons (Fsp3) is 0.0833. The van der Waals surface area contributed by atoms with Crippen LogP contribution in [0.4, 0.5) is 17.3 Å². The standard InChI is InChI=1S/C12H11N7O2/c1-6-9(11(21)17-12(13)15-6)16-10(20)7-2-4-8(5-3-7)18-19-14/h2-5H,1H3,(H4,13,14,17,18,20,21)/p+1. The van der Waals surface area contributed by atoms with Gasteiger partial charge in [-0.05, 0) is 31.2 Å². The molecule has 9 heteroatoms. The number of hydrogen-bond donors (Lipinski definition) is 4. The van der Waals surface area contributed by atoms with E-state index in [1.807, 2.05) is 0 Å². The highest BCUT2D eigenvalue weighted by Crippen LogP contribution is 2.14. The molecule has 106 valence electrons. The summed E-state index contributed by atoms with van der Waals surface area (Å²) in [4.78, 5) is 32.9. The van der Waals surface area contributed by atoms with E-state index in [1.165, 1.54) is 24.3 Å². The lowest BCUT2D eigenvalue weighted by Crippen LogP contribution is -2.23. The minimum atomic E-state index is -0.520. The fourth-order valence-electron chi connectivity index (χ4n) is 1.68. The molecule has 0 aliphatic rings. The number of carbonyl (C=O) groups excluding carboxylic acids is 1. The summed E-state index contributed by atoms with van der Waals surface area (Å²) in [5.41, 5.74) is 12.6. The van der Waals surface area contributed by atoms with E-state index in [2.05, 4.69) is 25.3 Å². The maximum Gasteiger partial charge on any atom is 0.276 e. The zero-order valence-corrected chi connectivity index (χ0v) is 11.0. The predicted octanol–water partition coefficient (Wildman–Crippen LogP) is 1.09. The van der Waals surface area contributed by atoms with Gasteiger partial charge < -0.3 is 11.1 Å². The van der Waals surface area contributed by atoms with Crippen molar-refractivity contribution in [2.24, 2.45) is 5.11 Å². The van der Waals surface area contributed by atoms with Crippen LogP contribution in [-0.4, -0.2) is 15.9 Å². The molecule has 0 fully saturated rings. The van der Waals surface area contributed by atoms with Gasteiger partial charge in [0.1, 0.15) is 11.2 Å². The van der Waals surface area contributed by atoms with Crippen molar-refractivity contribution in [2.45, 2.75) is 6.92 Å². The van der Waals surface area contributed by atoms with Gasteiger partial charge in [-0.1, -0.05) is 0 Å². The van der Waals surface area contributed by atoms with Crippen molar-refractivity contribution in [3.05, 3.63) is 45.9 Å². The number of nitrogens with zero attached hydrogens (tertiary/aromatic N) is 3. The molecule has 9 nitrogen and oxygen atoms in total. The van der Waals surface area contributed by atoms with Crippen molar-refractivity contribution in [1.29, 1.82) is 5.53 Å². The molecular formula is C12H12N7O2+. The summed E-state index contributed by atoms with van der Waals surface area (Å²) in [7, 11) is 0. The number of carbonyl (C=O) groups is 1. The minimum absolute atomic E-state index is 0.0133. The van der Waals surface area contributed by atoms with Crippen molar-refractivity contribution in [3.63, 3.8) is 0 Å². The van der Waals surface area contributed by atoms with Crippen molar-refractivity contribution in [1.82, 2.24) is 14.9 Å². The number of rotatable bonds is 3. The average Bonchev–Trinajstić information content (AvgIpc) is 2.43. The molecule has 1 aromatic heterocycles. The first-order valence-corrected chi connectivity index (χ1v) is 5.86. The van der Waals surface area contributed by atoms with Gasteiger partial charge >= 0.3 is 0 Å². The molecule has 0 aliphatic heterocycles. The first-order chi connectivity index (χ1) is 10.0. The number of hydrogen-bond acceptors (Lipinski definition) is 6. The molecule has 0 unspecified atom stereocenters. The molecule has 2 aromatic rings. The first-order valence-electron chi connectivity index (χ1n) is 5.86. The van der Waals surface area contributed by atoms with Gasteiger partial charge in [-0.2, -0.15) is 0 Å². The lowest BCUT2D eigenvalue weighted by atomic mass is 10.2. The normalized spacial score (nSPS) is 9.76. The van der Waals surface area contributed by atoms with Crippen LogP contribution in [0.2, 0.25) is 0 Å². The van der Waals surface area contributed by atoms with Gasteiger partial charge in [0.05, 0.1) is 5.69 Å². The van der Waals surface area contributed by atoms with Gasteiger partial charge in [-0.25, -0.2) is 4.98 Å². The van der Waals surface area contributed by atoms with Gasteiger partial charge in [-0.15, -0.1) is 0 Å². The Morgan fingerprint density at radius 3 is 2.67 bits per heavy atom. The highest BCUT2D eigenvalue weighted by atomic mass is 16.2. The Bertz CT molecular complexity index is 788. The summed E-state index contributed by atoms with van der Waals surface area (Å²) in [6.07, 6.45) is 0. The van der Waals surface area contributed by atoms with Crippen LogP contribution in [0.25, 0.3) is 0 Å². The topological polar surface area (TPSA) is 151 Å². The number of nitrogen functional groups attached to an aromatic ring is 1. The van der Waals surface area contributed by atoms with Gasteiger partial charge in [0.2, 0.25) is 10.9 Å². The van der Waals surface area contributed by atoms with Crippen LogP contribution in [0.3, 0.4) is 0 Å². The number of aromatic nitrogens is 2. The van der Waals surface area contributed by atoms with Gasteiger partial charge in [-0.3, -0.25) is 14.6 Å². The third kappa shape index (κ3) is 3.17. The summed E-state index contributed by atoms with van der Waals surface area (Å²) in [5.74, 6) is -0.481. The monoisotopic (exact) mass is 286 g/mol. The number of nitrogens with two attached hydrogens (primary N) is 1. The molecule has 2 rings (SSSR count). The Balaban J connectivity index is 2.26. The van der Waals surface area contributed by atoms with Crippen molar-refractivity contribution in [3.8, 4) is 0 Å². The van der Waals surface area contributed by atoms with E-state index >= 15 is 0 Å². The molecule has 0 spiro atoms. The Labute approximate surface area is 118 Å². The summed E-state index contributed by atoms with van der Waals surface area (Å²) in [5, 5.41) is 5.99. The van der Waals surface area contributed by atoms with E-state index in [4.69, 9.17) is 11.3 Å². The van der Waals surface area contributed by atoms with Gasteiger partial charge in [0, 0.05) is 5.56 Å². The van der Waals surface area contributed by atoms with Crippen LogP contribution in [0.1, 0.15) is 16.1 Å². The number of aromatic amines is 1. The Hall–Kier alpha value is -3.32. The quantitative estimate of drug-likeness (QED) is 0.493. The van der Waals surface area contributed by atoms with E-state index in [0.29, 0.717) is 16.9 Å². The molecule has 1 amide bonds. The molecule has 0 atom stereocenters. The summed E-state index contributed by atoms with van der Waals surface area (Å²) < 4.78 is 0. The molecule has 0 aliphatic carbocycles. The lowest BCUT2D eigenvalue weighted by molar-refractivity contribution is 0.102. The van der Waals surface area contributed by atoms with E-state index < -0.39 is 11.5 Å². The third-order valence-corrected chi connectivity index (χ3v) is 2.65. The second kappa shape index (κ2) is 5.76.